The van der Waals surface area contributed by atoms with E-state index in [0.29, 0.717) is 12.5 Å². The van der Waals surface area contributed by atoms with Gasteiger partial charge in [-0.2, -0.15) is 4.98 Å². The van der Waals surface area contributed by atoms with E-state index in [1.165, 1.54) is 6.07 Å². The molecule has 18 heavy (non-hydrogen) atoms. The maximum absolute atomic E-state index is 5.75. The van der Waals surface area contributed by atoms with E-state index >= 15 is 0 Å². The molecule has 0 unspecified atom stereocenters. The third kappa shape index (κ3) is 3.24. The molecule has 2 aromatic rings. The minimum atomic E-state index is 0.0862. The van der Waals surface area contributed by atoms with Gasteiger partial charge in [-0.3, -0.25) is 0 Å². The summed E-state index contributed by atoms with van der Waals surface area (Å²) in [5.41, 5.74) is 6.43. The summed E-state index contributed by atoms with van der Waals surface area (Å²) in [4.78, 5) is 7.67. The molecule has 0 atom stereocenters. The molecule has 0 saturated carbocycles. The molecule has 0 radical (unpaired) electrons. The van der Waals surface area contributed by atoms with Gasteiger partial charge in [-0.25, -0.2) is 4.98 Å². The number of aromatic nitrogens is 2. The van der Waals surface area contributed by atoms with E-state index in [2.05, 4.69) is 9.97 Å². The van der Waals surface area contributed by atoms with Crippen LogP contribution in [0.2, 0.25) is 5.15 Å². The van der Waals surface area contributed by atoms with Crippen molar-refractivity contribution in [2.75, 3.05) is 12.8 Å². The van der Waals surface area contributed by atoms with Gasteiger partial charge in [0.2, 0.25) is 11.8 Å². The molecule has 2 N–H and O–H groups in total. The van der Waals surface area contributed by atoms with Crippen LogP contribution in [0.5, 0.6) is 11.6 Å². The van der Waals surface area contributed by atoms with Crippen LogP contribution in [0.25, 0.3) is 0 Å². The standard InChI is InChI=1S/C12H12ClN3O2/c1-17-9-4-2-3-8(5-9)7-18-11-6-10(13)15-12(14)16-11/h2-6H,7H2,1H3,(H2,14,15,16). The van der Waals surface area contributed by atoms with Crippen LogP contribution in [0.15, 0.2) is 30.3 Å². The fourth-order valence-corrected chi connectivity index (χ4v) is 1.59. The average Bonchev–Trinajstić information content (AvgIpc) is 2.35. The first kappa shape index (κ1) is 12.4. The van der Waals surface area contributed by atoms with Crippen LogP contribution in [-0.2, 0) is 6.61 Å². The van der Waals surface area contributed by atoms with E-state index in [1.807, 2.05) is 24.3 Å². The van der Waals surface area contributed by atoms with Crippen LogP contribution in [0.3, 0.4) is 0 Å². The molecule has 0 spiro atoms. The summed E-state index contributed by atoms with van der Waals surface area (Å²) in [7, 11) is 1.62. The molecule has 1 aromatic carbocycles. The first-order chi connectivity index (χ1) is 8.67. The number of ether oxygens (including phenoxy) is 2. The van der Waals surface area contributed by atoms with Gasteiger partial charge in [0, 0.05) is 6.07 Å². The predicted molar refractivity (Wildman–Crippen MR) is 68.8 cm³/mol. The summed E-state index contributed by atoms with van der Waals surface area (Å²) < 4.78 is 10.6. The topological polar surface area (TPSA) is 70.3 Å². The van der Waals surface area contributed by atoms with Gasteiger partial charge in [-0.05, 0) is 17.7 Å². The second-order valence-corrected chi connectivity index (χ2v) is 3.91. The minimum Gasteiger partial charge on any atom is -0.497 e. The van der Waals surface area contributed by atoms with E-state index < -0.39 is 0 Å². The van der Waals surface area contributed by atoms with Crippen LogP contribution in [0.4, 0.5) is 5.95 Å². The molecule has 94 valence electrons. The summed E-state index contributed by atoms with van der Waals surface area (Å²) in [5, 5.41) is 0.253. The number of nitrogen functional groups attached to an aromatic ring is 1. The van der Waals surface area contributed by atoms with Gasteiger partial charge in [0.05, 0.1) is 7.11 Å². The number of hydrogen-bond donors (Lipinski definition) is 1. The zero-order valence-corrected chi connectivity index (χ0v) is 10.5. The summed E-state index contributed by atoms with van der Waals surface area (Å²) in [6, 6.07) is 9.07. The largest absolute Gasteiger partial charge is 0.497 e. The Morgan fingerprint density at radius 2 is 2.11 bits per heavy atom. The lowest BCUT2D eigenvalue weighted by Gasteiger charge is -2.07. The van der Waals surface area contributed by atoms with Crippen molar-refractivity contribution in [3.63, 3.8) is 0 Å². The number of benzene rings is 1. The van der Waals surface area contributed by atoms with E-state index in [4.69, 9.17) is 26.8 Å². The smallest absolute Gasteiger partial charge is 0.224 e. The number of hydrogen-bond acceptors (Lipinski definition) is 5. The Kier molecular flexibility index (Phi) is 3.84. The van der Waals surface area contributed by atoms with Crippen molar-refractivity contribution >= 4 is 17.5 Å². The fraction of sp³-hybridized carbons (Fsp3) is 0.167. The Balaban J connectivity index is 2.06. The zero-order valence-electron chi connectivity index (χ0n) is 9.76. The maximum Gasteiger partial charge on any atom is 0.224 e. The first-order valence-corrected chi connectivity index (χ1v) is 5.61. The van der Waals surface area contributed by atoms with E-state index in [0.717, 1.165) is 11.3 Å². The Labute approximate surface area is 110 Å². The molecule has 0 fully saturated rings. The number of rotatable bonds is 4. The highest BCUT2D eigenvalue weighted by Crippen LogP contribution is 2.17. The lowest BCUT2D eigenvalue weighted by molar-refractivity contribution is 0.293. The molecule has 0 bridgehead atoms. The Morgan fingerprint density at radius 1 is 1.28 bits per heavy atom. The Morgan fingerprint density at radius 3 is 2.83 bits per heavy atom. The van der Waals surface area contributed by atoms with Crippen molar-refractivity contribution in [2.45, 2.75) is 6.61 Å². The molecular formula is C12H12ClN3O2. The van der Waals surface area contributed by atoms with Gasteiger partial charge < -0.3 is 15.2 Å². The highest BCUT2D eigenvalue weighted by atomic mass is 35.5. The monoisotopic (exact) mass is 265 g/mol. The van der Waals surface area contributed by atoms with Gasteiger partial charge in [0.1, 0.15) is 17.5 Å². The van der Waals surface area contributed by atoms with Crippen molar-refractivity contribution in [3.8, 4) is 11.6 Å². The number of anilines is 1. The minimum absolute atomic E-state index is 0.0862. The van der Waals surface area contributed by atoms with E-state index in [-0.39, 0.29) is 11.1 Å². The summed E-state index contributed by atoms with van der Waals surface area (Å²) in [5.74, 6) is 1.20. The SMILES string of the molecule is COc1cccc(COc2cc(Cl)nc(N)n2)c1. The Hall–Kier alpha value is -2.01. The molecule has 2 rings (SSSR count). The second-order valence-electron chi connectivity index (χ2n) is 3.53. The quantitative estimate of drug-likeness (QED) is 0.859. The van der Waals surface area contributed by atoms with Crippen molar-refractivity contribution in [2.24, 2.45) is 0 Å². The van der Waals surface area contributed by atoms with Crippen LogP contribution >= 0.6 is 11.6 Å². The predicted octanol–water partition coefficient (Wildman–Crippen LogP) is 2.30. The third-order valence-corrected chi connectivity index (χ3v) is 2.40. The van der Waals surface area contributed by atoms with Crippen LogP contribution < -0.4 is 15.2 Å². The lowest BCUT2D eigenvalue weighted by atomic mass is 10.2. The zero-order chi connectivity index (χ0) is 13.0. The lowest BCUT2D eigenvalue weighted by Crippen LogP contribution is -2.01. The Bertz CT molecular complexity index is 528. The first-order valence-electron chi connectivity index (χ1n) is 5.23. The summed E-state index contributed by atoms with van der Waals surface area (Å²) >= 11 is 5.75. The van der Waals surface area contributed by atoms with Crippen LogP contribution in [0.1, 0.15) is 5.56 Å². The third-order valence-electron chi connectivity index (χ3n) is 2.21. The van der Waals surface area contributed by atoms with Gasteiger partial charge >= 0.3 is 0 Å². The number of halogens is 1. The van der Waals surface area contributed by atoms with Gasteiger partial charge in [-0.1, -0.05) is 23.7 Å². The molecule has 1 aromatic heterocycles. The number of nitrogens with zero attached hydrogens (tertiary/aromatic N) is 2. The maximum atomic E-state index is 5.75. The molecule has 1 heterocycles. The molecule has 5 nitrogen and oxygen atoms in total. The molecule has 0 amide bonds. The molecule has 6 heteroatoms. The van der Waals surface area contributed by atoms with Crippen LogP contribution in [-0.4, -0.2) is 17.1 Å². The van der Waals surface area contributed by atoms with Crippen molar-refractivity contribution in [1.29, 1.82) is 0 Å². The molecule has 0 aliphatic heterocycles. The normalized spacial score (nSPS) is 10.1. The van der Waals surface area contributed by atoms with Gasteiger partial charge in [0.25, 0.3) is 0 Å². The summed E-state index contributed by atoms with van der Waals surface area (Å²) in [6.45, 7) is 0.351. The fourth-order valence-electron chi connectivity index (χ4n) is 1.41. The average molecular weight is 266 g/mol. The van der Waals surface area contributed by atoms with Crippen molar-refractivity contribution in [1.82, 2.24) is 9.97 Å². The summed E-state index contributed by atoms with van der Waals surface area (Å²) in [6.07, 6.45) is 0. The van der Waals surface area contributed by atoms with Crippen molar-refractivity contribution in [3.05, 3.63) is 41.0 Å². The second kappa shape index (κ2) is 5.55. The molecular weight excluding hydrogens is 254 g/mol. The molecule has 0 aliphatic carbocycles. The molecule has 0 saturated heterocycles. The van der Waals surface area contributed by atoms with Gasteiger partial charge in [0.15, 0.2) is 0 Å². The molecule has 0 aliphatic rings. The highest BCUT2D eigenvalue weighted by Gasteiger charge is 2.02. The van der Waals surface area contributed by atoms with Gasteiger partial charge in [-0.15, -0.1) is 0 Å². The highest BCUT2D eigenvalue weighted by molar-refractivity contribution is 6.29. The number of methoxy groups -OCH3 is 1. The van der Waals surface area contributed by atoms with Crippen LogP contribution in [0, 0.1) is 0 Å². The van der Waals surface area contributed by atoms with E-state index in [9.17, 15) is 0 Å². The van der Waals surface area contributed by atoms with E-state index in [1.54, 1.807) is 7.11 Å². The number of nitrogens with two attached hydrogens (primary N) is 1. The van der Waals surface area contributed by atoms with Crippen molar-refractivity contribution < 1.29 is 9.47 Å².